The molecule has 0 saturated carbocycles. The Hall–Kier alpha value is -3.29. The molecule has 0 unspecified atom stereocenters. The van der Waals surface area contributed by atoms with Gasteiger partial charge in [0, 0.05) is 16.1 Å². The summed E-state index contributed by atoms with van der Waals surface area (Å²) >= 11 is 6.40. The summed E-state index contributed by atoms with van der Waals surface area (Å²) in [6.07, 6.45) is 0. The summed E-state index contributed by atoms with van der Waals surface area (Å²) in [5.41, 5.74) is 4.62. The van der Waals surface area contributed by atoms with Crippen LogP contribution in [0.3, 0.4) is 0 Å². The fourth-order valence-electron chi connectivity index (χ4n) is 4.21. The lowest BCUT2D eigenvalue weighted by Gasteiger charge is -2.19. The number of ether oxygens (including phenoxy) is 1. The molecule has 0 saturated heterocycles. The van der Waals surface area contributed by atoms with Gasteiger partial charge in [-0.15, -0.1) is 0 Å². The Morgan fingerprint density at radius 3 is 1.66 bits per heavy atom. The maximum atomic E-state index is 6.40. The molecule has 0 spiro atoms. The molecule has 0 atom stereocenters. The van der Waals surface area contributed by atoms with Crippen molar-refractivity contribution in [2.75, 3.05) is 7.11 Å². The highest BCUT2D eigenvalue weighted by Gasteiger charge is 2.18. The number of methoxy groups -OCH3 is 1. The molecule has 5 aromatic rings. The molecule has 0 fully saturated rings. The van der Waals surface area contributed by atoms with Crippen LogP contribution in [-0.4, -0.2) is 7.11 Å². The summed E-state index contributed by atoms with van der Waals surface area (Å²) in [7, 11) is 1.70. The highest BCUT2D eigenvalue weighted by molar-refractivity contribution is 6.31. The van der Waals surface area contributed by atoms with Crippen LogP contribution in [0.4, 0.5) is 0 Å². The first kappa shape index (κ1) is 17.8. The molecule has 29 heavy (non-hydrogen) atoms. The lowest BCUT2D eigenvalue weighted by atomic mass is 9.86. The Balaban J connectivity index is 2.01. The second-order valence-electron chi connectivity index (χ2n) is 7.05. The van der Waals surface area contributed by atoms with Crippen LogP contribution in [0.25, 0.3) is 43.8 Å². The predicted octanol–water partition coefficient (Wildman–Crippen LogP) is 7.99. The lowest BCUT2D eigenvalue weighted by Crippen LogP contribution is -1.93. The first-order valence-corrected chi connectivity index (χ1v) is 9.98. The van der Waals surface area contributed by atoms with Crippen LogP contribution in [-0.2, 0) is 0 Å². The van der Waals surface area contributed by atoms with Crippen molar-refractivity contribution in [2.45, 2.75) is 0 Å². The SMILES string of the molecule is COc1ccc(Cl)cc1-c1c2ccccc2c(-c2ccccc2)c2ccccc12. The van der Waals surface area contributed by atoms with Gasteiger partial charge in [0.15, 0.2) is 0 Å². The molecule has 5 rings (SSSR count). The molecular weight excluding hydrogens is 376 g/mol. The lowest BCUT2D eigenvalue weighted by molar-refractivity contribution is 0.416. The minimum atomic E-state index is 0.695. The van der Waals surface area contributed by atoms with Crippen LogP contribution < -0.4 is 4.74 Å². The number of hydrogen-bond donors (Lipinski definition) is 0. The molecule has 2 heteroatoms. The molecule has 0 heterocycles. The van der Waals surface area contributed by atoms with E-state index in [1.807, 2.05) is 18.2 Å². The smallest absolute Gasteiger partial charge is 0.126 e. The molecule has 0 radical (unpaired) electrons. The summed E-state index contributed by atoms with van der Waals surface area (Å²) in [6, 6.07) is 33.5. The normalized spacial score (nSPS) is 11.1. The number of fused-ring (bicyclic) bond motifs is 2. The fraction of sp³-hybridized carbons (Fsp3) is 0.0370. The van der Waals surface area contributed by atoms with E-state index in [1.54, 1.807) is 7.11 Å². The second kappa shape index (κ2) is 7.27. The van der Waals surface area contributed by atoms with Crippen molar-refractivity contribution in [3.63, 3.8) is 0 Å². The van der Waals surface area contributed by atoms with E-state index in [1.165, 1.54) is 32.7 Å². The van der Waals surface area contributed by atoms with Gasteiger partial charge in [0.2, 0.25) is 0 Å². The van der Waals surface area contributed by atoms with E-state index >= 15 is 0 Å². The Labute approximate surface area is 175 Å². The largest absolute Gasteiger partial charge is 0.496 e. The van der Waals surface area contributed by atoms with Crippen molar-refractivity contribution in [3.05, 3.63) is 102 Å². The van der Waals surface area contributed by atoms with Crippen LogP contribution in [0.1, 0.15) is 0 Å². The van der Waals surface area contributed by atoms with Gasteiger partial charge in [0.05, 0.1) is 7.11 Å². The zero-order valence-electron chi connectivity index (χ0n) is 16.0. The van der Waals surface area contributed by atoms with Crippen molar-refractivity contribution in [1.82, 2.24) is 0 Å². The minimum absolute atomic E-state index is 0.695. The number of halogens is 1. The van der Waals surface area contributed by atoms with E-state index in [2.05, 4.69) is 78.9 Å². The van der Waals surface area contributed by atoms with Gasteiger partial charge < -0.3 is 4.74 Å². The Kier molecular flexibility index (Phi) is 4.46. The molecule has 5 aromatic carbocycles. The zero-order valence-corrected chi connectivity index (χ0v) is 16.8. The molecule has 0 N–H and O–H groups in total. The quantitative estimate of drug-likeness (QED) is 0.282. The van der Waals surface area contributed by atoms with Crippen molar-refractivity contribution in [2.24, 2.45) is 0 Å². The van der Waals surface area contributed by atoms with Crippen molar-refractivity contribution >= 4 is 33.1 Å². The van der Waals surface area contributed by atoms with Crippen LogP contribution in [0.15, 0.2) is 97.1 Å². The van der Waals surface area contributed by atoms with Gasteiger partial charge in [-0.1, -0.05) is 90.5 Å². The fourth-order valence-corrected chi connectivity index (χ4v) is 4.38. The van der Waals surface area contributed by atoms with Gasteiger partial charge in [0.25, 0.3) is 0 Å². The monoisotopic (exact) mass is 394 g/mol. The third kappa shape index (κ3) is 2.95. The van der Waals surface area contributed by atoms with E-state index in [-0.39, 0.29) is 0 Å². The van der Waals surface area contributed by atoms with E-state index in [9.17, 15) is 0 Å². The molecule has 0 amide bonds. The first-order valence-electron chi connectivity index (χ1n) is 9.60. The molecule has 0 bridgehead atoms. The van der Waals surface area contributed by atoms with Gasteiger partial charge in [-0.3, -0.25) is 0 Å². The second-order valence-corrected chi connectivity index (χ2v) is 7.49. The number of benzene rings is 5. The average molecular weight is 395 g/mol. The van der Waals surface area contributed by atoms with E-state index in [0.29, 0.717) is 5.02 Å². The summed E-state index contributed by atoms with van der Waals surface area (Å²) < 4.78 is 5.71. The first-order chi connectivity index (χ1) is 14.3. The summed E-state index contributed by atoms with van der Waals surface area (Å²) in [5.74, 6) is 0.817. The van der Waals surface area contributed by atoms with Crippen LogP contribution >= 0.6 is 11.6 Å². The van der Waals surface area contributed by atoms with E-state index in [4.69, 9.17) is 16.3 Å². The molecular formula is C27H19ClO. The van der Waals surface area contributed by atoms with Gasteiger partial charge >= 0.3 is 0 Å². The number of hydrogen-bond acceptors (Lipinski definition) is 1. The van der Waals surface area contributed by atoms with Gasteiger partial charge in [-0.2, -0.15) is 0 Å². The maximum absolute atomic E-state index is 6.40. The van der Waals surface area contributed by atoms with Crippen LogP contribution in [0, 0.1) is 0 Å². The maximum Gasteiger partial charge on any atom is 0.126 e. The van der Waals surface area contributed by atoms with Gasteiger partial charge in [-0.25, -0.2) is 0 Å². The third-order valence-corrected chi connectivity index (χ3v) is 5.66. The molecule has 0 aromatic heterocycles. The standard InChI is InChI=1S/C27H19ClO/c1-29-25-16-15-19(28)17-24(25)27-22-13-7-5-11-20(22)26(18-9-3-2-4-10-18)21-12-6-8-14-23(21)27/h2-17H,1H3. The average Bonchev–Trinajstić information content (AvgIpc) is 2.78. The highest BCUT2D eigenvalue weighted by Crippen LogP contribution is 2.46. The molecule has 0 aliphatic rings. The predicted molar refractivity (Wildman–Crippen MR) is 124 cm³/mol. The Morgan fingerprint density at radius 2 is 1.10 bits per heavy atom. The number of rotatable bonds is 3. The Morgan fingerprint density at radius 1 is 0.586 bits per heavy atom. The Bertz CT molecular complexity index is 1280. The summed E-state index contributed by atoms with van der Waals surface area (Å²) in [5, 5.41) is 5.50. The van der Waals surface area contributed by atoms with Crippen LogP contribution in [0.2, 0.25) is 5.02 Å². The summed E-state index contributed by atoms with van der Waals surface area (Å²) in [6.45, 7) is 0. The molecule has 0 aliphatic carbocycles. The molecule has 0 aliphatic heterocycles. The van der Waals surface area contributed by atoms with E-state index < -0.39 is 0 Å². The van der Waals surface area contributed by atoms with E-state index in [0.717, 1.165) is 16.9 Å². The van der Waals surface area contributed by atoms with Crippen molar-refractivity contribution < 1.29 is 4.74 Å². The van der Waals surface area contributed by atoms with Crippen molar-refractivity contribution in [3.8, 4) is 28.0 Å². The topological polar surface area (TPSA) is 9.23 Å². The molecule has 1 nitrogen and oxygen atoms in total. The minimum Gasteiger partial charge on any atom is -0.496 e. The summed E-state index contributed by atoms with van der Waals surface area (Å²) in [4.78, 5) is 0. The highest BCUT2D eigenvalue weighted by atomic mass is 35.5. The zero-order chi connectivity index (χ0) is 19.8. The molecule has 140 valence electrons. The van der Waals surface area contributed by atoms with Gasteiger partial charge in [-0.05, 0) is 50.9 Å². The van der Waals surface area contributed by atoms with Gasteiger partial charge in [0.1, 0.15) is 5.75 Å². The third-order valence-electron chi connectivity index (χ3n) is 5.42. The van der Waals surface area contributed by atoms with Crippen molar-refractivity contribution in [1.29, 1.82) is 0 Å². The van der Waals surface area contributed by atoms with Crippen LogP contribution in [0.5, 0.6) is 5.75 Å².